The van der Waals surface area contributed by atoms with Crippen molar-refractivity contribution in [2.75, 3.05) is 13.2 Å². The van der Waals surface area contributed by atoms with Crippen LogP contribution in [0.5, 0.6) is 0 Å². The van der Waals surface area contributed by atoms with Crippen LogP contribution in [-0.4, -0.2) is 39.2 Å². The van der Waals surface area contributed by atoms with E-state index in [0.29, 0.717) is 11.1 Å². The Morgan fingerprint density at radius 2 is 1.08 bits per heavy atom. The van der Waals surface area contributed by atoms with Gasteiger partial charge in [0.2, 0.25) is 0 Å². The standard InChI is InChI=1S/C32H50O4/c1-21(2)31(35,22(3)4)30(19-33,20-34)32(36,24-15-13-12-14-16-24)27-25(28(6,7)8)17-23(5)18-26(27)29(9,10)11/h12-18,21-22,33-36H,19-20H2,1-11H3. The van der Waals surface area contributed by atoms with E-state index in [1.807, 2.05) is 58.0 Å². The average Bonchev–Trinajstić information content (AvgIpc) is 2.78. The van der Waals surface area contributed by atoms with Gasteiger partial charge in [0, 0.05) is 0 Å². The van der Waals surface area contributed by atoms with E-state index in [2.05, 4.69) is 60.6 Å². The van der Waals surface area contributed by atoms with Gasteiger partial charge < -0.3 is 20.4 Å². The Hall–Kier alpha value is -1.72. The Morgan fingerprint density at radius 1 is 0.694 bits per heavy atom. The number of aliphatic hydroxyl groups excluding tert-OH is 2. The van der Waals surface area contributed by atoms with Crippen molar-refractivity contribution in [1.29, 1.82) is 0 Å². The highest BCUT2D eigenvalue weighted by atomic mass is 16.3. The molecule has 36 heavy (non-hydrogen) atoms. The topological polar surface area (TPSA) is 80.9 Å². The largest absolute Gasteiger partial charge is 0.395 e. The second-order valence-electron chi connectivity index (χ2n) is 13.3. The van der Waals surface area contributed by atoms with Crippen molar-refractivity contribution in [2.24, 2.45) is 17.3 Å². The van der Waals surface area contributed by atoms with Crippen molar-refractivity contribution in [1.82, 2.24) is 0 Å². The van der Waals surface area contributed by atoms with Crippen LogP contribution in [0.4, 0.5) is 0 Å². The maximum atomic E-state index is 13.4. The summed E-state index contributed by atoms with van der Waals surface area (Å²) in [5, 5.41) is 48.4. The molecule has 0 aliphatic rings. The minimum Gasteiger partial charge on any atom is -0.395 e. The van der Waals surface area contributed by atoms with E-state index >= 15 is 0 Å². The summed E-state index contributed by atoms with van der Waals surface area (Å²) in [6, 6.07) is 13.4. The normalized spacial score (nSPS) is 15.5. The average molecular weight is 499 g/mol. The summed E-state index contributed by atoms with van der Waals surface area (Å²) in [4.78, 5) is 0. The van der Waals surface area contributed by atoms with E-state index < -0.39 is 29.8 Å². The fraction of sp³-hybridized carbons (Fsp3) is 0.625. The van der Waals surface area contributed by atoms with E-state index in [-0.39, 0.29) is 22.7 Å². The highest BCUT2D eigenvalue weighted by Gasteiger charge is 2.66. The fourth-order valence-corrected chi connectivity index (χ4v) is 6.29. The van der Waals surface area contributed by atoms with Gasteiger partial charge in [-0.25, -0.2) is 0 Å². The summed E-state index contributed by atoms with van der Waals surface area (Å²) < 4.78 is 0. The van der Waals surface area contributed by atoms with Crippen molar-refractivity contribution < 1.29 is 20.4 Å². The first-order chi connectivity index (χ1) is 16.4. The van der Waals surface area contributed by atoms with E-state index in [1.165, 1.54) is 0 Å². The zero-order chi connectivity index (χ0) is 27.9. The van der Waals surface area contributed by atoms with Crippen LogP contribution in [-0.2, 0) is 16.4 Å². The molecule has 1 atom stereocenters. The predicted molar refractivity (Wildman–Crippen MR) is 149 cm³/mol. The Bertz CT molecular complexity index is 977. The van der Waals surface area contributed by atoms with Crippen LogP contribution in [0.2, 0.25) is 0 Å². The van der Waals surface area contributed by atoms with Gasteiger partial charge in [-0.1, -0.05) is 117 Å². The number of hydrogen-bond acceptors (Lipinski definition) is 4. The Kier molecular flexibility index (Phi) is 8.65. The van der Waals surface area contributed by atoms with E-state index in [9.17, 15) is 20.4 Å². The monoisotopic (exact) mass is 498 g/mol. The number of rotatable bonds is 8. The zero-order valence-electron chi connectivity index (χ0n) is 24.4. The molecule has 4 heteroatoms. The van der Waals surface area contributed by atoms with Gasteiger partial charge in [-0.05, 0) is 51.8 Å². The molecule has 0 saturated heterocycles. The molecular weight excluding hydrogens is 448 g/mol. The number of aliphatic hydroxyl groups is 4. The van der Waals surface area contributed by atoms with Crippen LogP contribution >= 0.6 is 0 Å². The third-order valence-corrected chi connectivity index (χ3v) is 8.21. The van der Waals surface area contributed by atoms with Crippen molar-refractivity contribution in [3.8, 4) is 0 Å². The zero-order valence-corrected chi connectivity index (χ0v) is 24.4. The Labute approximate surface area is 219 Å². The second kappa shape index (κ2) is 10.2. The van der Waals surface area contributed by atoms with Crippen molar-refractivity contribution in [3.05, 3.63) is 70.3 Å². The molecule has 2 aromatic carbocycles. The molecule has 0 heterocycles. The number of aryl methyl sites for hydroxylation is 1. The van der Waals surface area contributed by atoms with Crippen molar-refractivity contribution >= 4 is 0 Å². The van der Waals surface area contributed by atoms with Crippen LogP contribution in [0.1, 0.15) is 97.1 Å². The van der Waals surface area contributed by atoms with Gasteiger partial charge in [-0.3, -0.25) is 0 Å². The summed E-state index contributed by atoms with van der Waals surface area (Å²) in [6.07, 6.45) is 0. The molecule has 0 aliphatic carbocycles. The Balaban J connectivity index is 3.37. The molecule has 0 spiro atoms. The second-order valence-corrected chi connectivity index (χ2v) is 13.3. The lowest BCUT2D eigenvalue weighted by Gasteiger charge is -2.59. The predicted octanol–water partition coefficient (Wildman–Crippen LogP) is 5.84. The molecule has 4 N–H and O–H groups in total. The molecule has 1 unspecified atom stereocenters. The van der Waals surface area contributed by atoms with Crippen molar-refractivity contribution in [3.63, 3.8) is 0 Å². The SMILES string of the molecule is Cc1cc(C(C)(C)C)c(C(O)(c2ccccc2)C(CO)(CO)C(O)(C(C)C)C(C)C)c(C(C)(C)C)c1. The molecule has 0 amide bonds. The summed E-state index contributed by atoms with van der Waals surface area (Å²) in [6.45, 7) is 21.0. The summed E-state index contributed by atoms with van der Waals surface area (Å²) in [5.74, 6) is -0.734. The summed E-state index contributed by atoms with van der Waals surface area (Å²) in [5.41, 5.74) is -1.86. The third kappa shape index (κ3) is 4.67. The molecule has 0 aromatic heterocycles. The lowest BCUT2D eigenvalue weighted by Crippen LogP contribution is -2.69. The lowest BCUT2D eigenvalue weighted by molar-refractivity contribution is -0.253. The first-order valence-corrected chi connectivity index (χ1v) is 13.2. The molecule has 4 nitrogen and oxygen atoms in total. The minimum absolute atomic E-state index is 0.367. The Morgan fingerprint density at radius 3 is 1.39 bits per heavy atom. The highest BCUT2D eigenvalue weighted by molar-refractivity contribution is 5.54. The maximum absolute atomic E-state index is 13.4. The third-order valence-electron chi connectivity index (χ3n) is 8.21. The molecule has 0 bridgehead atoms. The van der Waals surface area contributed by atoms with Crippen LogP contribution in [0.15, 0.2) is 42.5 Å². The first-order valence-electron chi connectivity index (χ1n) is 13.2. The fourth-order valence-electron chi connectivity index (χ4n) is 6.29. The lowest BCUT2D eigenvalue weighted by atomic mass is 9.50. The van der Waals surface area contributed by atoms with Gasteiger partial charge in [0.25, 0.3) is 0 Å². The van der Waals surface area contributed by atoms with Gasteiger partial charge in [0.05, 0.1) is 24.2 Å². The summed E-state index contributed by atoms with van der Waals surface area (Å²) >= 11 is 0. The molecule has 0 radical (unpaired) electrons. The smallest absolute Gasteiger partial charge is 0.128 e. The highest BCUT2D eigenvalue weighted by Crippen LogP contribution is 2.58. The molecule has 0 aliphatic heterocycles. The molecular formula is C32H50O4. The van der Waals surface area contributed by atoms with Crippen LogP contribution in [0.3, 0.4) is 0 Å². The van der Waals surface area contributed by atoms with E-state index in [0.717, 1.165) is 16.7 Å². The van der Waals surface area contributed by atoms with Crippen LogP contribution in [0.25, 0.3) is 0 Å². The quantitative estimate of drug-likeness (QED) is 0.369. The van der Waals surface area contributed by atoms with Gasteiger partial charge >= 0.3 is 0 Å². The molecule has 2 rings (SSSR count). The van der Waals surface area contributed by atoms with Crippen molar-refractivity contribution in [2.45, 2.75) is 98.2 Å². The first kappa shape index (κ1) is 30.5. The van der Waals surface area contributed by atoms with Gasteiger partial charge in [-0.2, -0.15) is 0 Å². The van der Waals surface area contributed by atoms with Gasteiger partial charge in [0.15, 0.2) is 0 Å². The van der Waals surface area contributed by atoms with Crippen LogP contribution in [0, 0.1) is 24.2 Å². The van der Waals surface area contributed by atoms with E-state index in [1.54, 1.807) is 0 Å². The van der Waals surface area contributed by atoms with Crippen LogP contribution < -0.4 is 0 Å². The number of hydrogen-bond donors (Lipinski definition) is 4. The van der Waals surface area contributed by atoms with E-state index in [4.69, 9.17) is 0 Å². The summed E-state index contributed by atoms with van der Waals surface area (Å²) in [7, 11) is 0. The number of benzene rings is 2. The molecule has 202 valence electrons. The van der Waals surface area contributed by atoms with Gasteiger partial charge in [-0.15, -0.1) is 0 Å². The maximum Gasteiger partial charge on any atom is 0.128 e. The molecule has 0 fully saturated rings. The minimum atomic E-state index is -1.92. The molecule has 0 saturated carbocycles. The van der Waals surface area contributed by atoms with Gasteiger partial charge in [0.1, 0.15) is 5.60 Å². The molecule has 2 aromatic rings.